The van der Waals surface area contributed by atoms with Crippen LogP contribution in [0.1, 0.15) is 74.0 Å². The van der Waals surface area contributed by atoms with Gasteiger partial charge in [-0.25, -0.2) is 17.6 Å². The monoisotopic (exact) mass is 400 g/mol. The number of hydrogen-bond acceptors (Lipinski definition) is 0. The van der Waals surface area contributed by atoms with Gasteiger partial charge in [-0.15, -0.1) is 0 Å². The van der Waals surface area contributed by atoms with Crippen molar-refractivity contribution in [3.05, 3.63) is 70.3 Å². The lowest BCUT2D eigenvalue weighted by molar-refractivity contribution is 0.235. The average Bonchev–Trinajstić information content (AvgIpc) is 3.25. The molecular weight excluding hydrogens is 376 g/mol. The molecule has 4 rings (SSSR count). The fourth-order valence-corrected chi connectivity index (χ4v) is 5.01. The normalized spacial score (nSPS) is 22.3. The Morgan fingerprint density at radius 1 is 0.621 bits per heavy atom. The Morgan fingerprint density at radius 2 is 1.24 bits per heavy atom. The van der Waals surface area contributed by atoms with Crippen LogP contribution in [-0.2, 0) is 0 Å². The van der Waals surface area contributed by atoms with Crippen LogP contribution in [0.5, 0.6) is 0 Å². The molecule has 0 spiro atoms. The number of halogens is 4. The quantitative estimate of drug-likeness (QED) is 0.372. The molecule has 0 saturated heterocycles. The highest BCUT2D eigenvalue weighted by atomic mass is 19.2. The summed E-state index contributed by atoms with van der Waals surface area (Å²) < 4.78 is 55.4. The van der Waals surface area contributed by atoms with E-state index in [1.54, 1.807) is 0 Å². The van der Waals surface area contributed by atoms with Gasteiger partial charge in [-0.3, -0.25) is 0 Å². The maximum absolute atomic E-state index is 14.6. The Kier molecular flexibility index (Phi) is 5.94. The van der Waals surface area contributed by atoms with Gasteiger partial charge < -0.3 is 0 Å². The van der Waals surface area contributed by atoms with Gasteiger partial charge in [0.15, 0.2) is 11.6 Å². The summed E-state index contributed by atoms with van der Waals surface area (Å²) >= 11 is 0. The Balaban J connectivity index is 1.48. The summed E-state index contributed by atoms with van der Waals surface area (Å²) in [6.45, 7) is 0. The summed E-state index contributed by atoms with van der Waals surface area (Å²) in [6, 6.07) is 5.91. The molecule has 2 fully saturated rings. The van der Waals surface area contributed by atoms with Gasteiger partial charge >= 0.3 is 0 Å². The van der Waals surface area contributed by atoms with Crippen molar-refractivity contribution < 1.29 is 17.6 Å². The first-order valence-corrected chi connectivity index (χ1v) is 10.5. The summed E-state index contributed by atoms with van der Waals surface area (Å²) in [6.07, 6.45) is 9.57. The van der Waals surface area contributed by atoms with Crippen molar-refractivity contribution in [2.24, 2.45) is 11.8 Å². The van der Waals surface area contributed by atoms with Crippen molar-refractivity contribution >= 4 is 0 Å². The summed E-state index contributed by atoms with van der Waals surface area (Å²) in [5, 5.41) is 0. The molecule has 0 amide bonds. The van der Waals surface area contributed by atoms with Crippen LogP contribution < -0.4 is 0 Å². The number of hydrogen-bond donors (Lipinski definition) is 0. The Bertz CT molecular complexity index is 916. The van der Waals surface area contributed by atoms with Crippen molar-refractivity contribution in [1.29, 1.82) is 0 Å². The molecule has 0 nitrogen and oxygen atoms in total. The average molecular weight is 400 g/mol. The zero-order valence-electron chi connectivity index (χ0n) is 16.3. The third-order valence-corrected chi connectivity index (χ3v) is 6.63. The number of benzene rings is 2. The Hall–Kier alpha value is -2.28. The lowest BCUT2D eigenvalue weighted by atomic mass is 9.73. The molecule has 0 unspecified atom stereocenters. The smallest absolute Gasteiger partial charge is 0.160 e. The molecule has 2 aromatic rings. The van der Waals surface area contributed by atoms with Gasteiger partial charge in [-0.05, 0) is 79.3 Å². The summed E-state index contributed by atoms with van der Waals surface area (Å²) in [5.41, 5.74) is 0.526. The second kappa shape index (κ2) is 8.61. The fraction of sp³-hybridized carbons (Fsp3) is 0.440. The van der Waals surface area contributed by atoms with E-state index in [4.69, 9.17) is 0 Å². The molecule has 2 aliphatic rings. The van der Waals surface area contributed by atoms with Crippen LogP contribution in [0.4, 0.5) is 17.6 Å². The summed E-state index contributed by atoms with van der Waals surface area (Å²) in [5.74, 6) is 3.31. The van der Waals surface area contributed by atoms with E-state index in [1.165, 1.54) is 43.9 Å². The van der Waals surface area contributed by atoms with Crippen LogP contribution in [0.2, 0.25) is 0 Å². The van der Waals surface area contributed by atoms with Crippen LogP contribution in [-0.4, -0.2) is 0 Å². The van der Waals surface area contributed by atoms with E-state index in [1.807, 2.05) is 0 Å². The van der Waals surface area contributed by atoms with Crippen LogP contribution >= 0.6 is 0 Å². The van der Waals surface area contributed by atoms with Gasteiger partial charge in [0.2, 0.25) is 0 Å². The van der Waals surface area contributed by atoms with E-state index < -0.39 is 23.3 Å². The van der Waals surface area contributed by atoms with Crippen LogP contribution in [0.25, 0.3) is 0 Å². The topological polar surface area (TPSA) is 0 Å². The molecule has 0 atom stereocenters. The van der Waals surface area contributed by atoms with Crippen molar-refractivity contribution in [1.82, 2.24) is 0 Å². The third-order valence-electron chi connectivity index (χ3n) is 6.63. The van der Waals surface area contributed by atoms with Crippen molar-refractivity contribution in [3.63, 3.8) is 0 Å². The second-order valence-corrected chi connectivity index (χ2v) is 8.39. The van der Waals surface area contributed by atoms with Crippen LogP contribution in [0.3, 0.4) is 0 Å². The third kappa shape index (κ3) is 4.50. The standard InChI is InChI=1S/C25H24F4/c26-22-12-6-16(13-25(22)29)5-11-21-23(27)14-20(15-24(21)28)19-9-7-18(8-10-19)17-3-1-2-4-17/h6,12-15,17-19H,1-4,7-10H2/t18-,19-. The highest BCUT2D eigenvalue weighted by Crippen LogP contribution is 2.43. The first-order valence-electron chi connectivity index (χ1n) is 10.5. The van der Waals surface area contributed by atoms with E-state index in [2.05, 4.69) is 11.8 Å². The van der Waals surface area contributed by atoms with Crippen molar-refractivity contribution in [2.75, 3.05) is 0 Å². The first-order chi connectivity index (χ1) is 14.0. The van der Waals surface area contributed by atoms with Gasteiger partial charge in [-0.1, -0.05) is 37.5 Å². The van der Waals surface area contributed by atoms with Crippen LogP contribution in [0, 0.1) is 46.9 Å². The minimum atomic E-state index is -1.04. The molecule has 0 aliphatic heterocycles. The van der Waals surface area contributed by atoms with E-state index in [9.17, 15) is 17.6 Å². The maximum Gasteiger partial charge on any atom is 0.160 e. The molecule has 0 aromatic heterocycles. The molecule has 0 N–H and O–H groups in total. The minimum Gasteiger partial charge on any atom is -0.206 e. The van der Waals surface area contributed by atoms with Crippen LogP contribution in [0.15, 0.2) is 30.3 Å². The Labute approximate surface area is 169 Å². The van der Waals surface area contributed by atoms with Crippen molar-refractivity contribution in [3.8, 4) is 11.8 Å². The fourth-order valence-electron chi connectivity index (χ4n) is 5.01. The summed E-state index contributed by atoms with van der Waals surface area (Å²) in [7, 11) is 0. The Morgan fingerprint density at radius 3 is 1.86 bits per heavy atom. The van der Waals surface area contributed by atoms with E-state index in [0.29, 0.717) is 5.56 Å². The zero-order chi connectivity index (χ0) is 20.4. The molecule has 152 valence electrons. The van der Waals surface area contributed by atoms with E-state index in [-0.39, 0.29) is 17.0 Å². The van der Waals surface area contributed by atoms with Crippen molar-refractivity contribution in [2.45, 2.75) is 57.3 Å². The van der Waals surface area contributed by atoms with E-state index >= 15 is 0 Å². The molecule has 2 aromatic carbocycles. The molecule has 2 aliphatic carbocycles. The second-order valence-electron chi connectivity index (χ2n) is 8.39. The van der Waals surface area contributed by atoms with Gasteiger partial charge in [0, 0.05) is 5.56 Å². The predicted octanol–water partition coefficient (Wildman–Crippen LogP) is 7.11. The SMILES string of the molecule is Fc1ccc(C#Cc2c(F)cc([C@H]3CC[C@H](C4CCCC4)CC3)cc2F)cc1F. The van der Waals surface area contributed by atoms with E-state index in [0.717, 1.165) is 49.7 Å². The molecule has 0 heterocycles. The largest absolute Gasteiger partial charge is 0.206 e. The van der Waals surface area contributed by atoms with Gasteiger partial charge in [0.05, 0.1) is 5.56 Å². The minimum absolute atomic E-state index is 0.164. The zero-order valence-corrected chi connectivity index (χ0v) is 16.3. The molecule has 29 heavy (non-hydrogen) atoms. The molecule has 0 radical (unpaired) electrons. The number of rotatable bonds is 2. The molecular formula is C25H24F4. The maximum atomic E-state index is 14.6. The molecule has 0 bridgehead atoms. The highest BCUT2D eigenvalue weighted by Gasteiger charge is 2.30. The van der Waals surface area contributed by atoms with Gasteiger partial charge in [0.1, 0.15) is 11.6 Å². The molecule has 2 saturated carbocycles. The lowest BCUT2D eigenvalue weighted by Crippen LogP contribution is -2.19. The first kappa shape index (κ1) is 20.0. The summed E-state index contributed by atoms with van der Waals surface area (Å²) in [4.78, 5) is 0. The molecule has 4 heteroatoms. The predicted molar refractivity (Wildman–Crippen MR) is 105 cm³/mol. The highest BCUT2D eigenvalue weighted by molar-refractivity contribution is 5.45. The lowest BCUT2D eigenvalue weighted by Gasteiger charge is -2.32. The van der Waals surface area contributed by atoms with Gasteiger partial charge in [-0.2, -0.15) is 0 Å². The van der Waals surface area contributed by atoms with Gasteiger partial charge in [0.25, 0.3) is 0 Å².